The summed E-state index contributed by atoms with van der Waals surface area (Å²) in [4.78, 5) is 62.6. The Morgan fingerprint density at radius 1 is 1.12 bits per heavy atom. The van der Waals surface area contributed by atoms with Gasteiger partial charge in [-0.2, -0.15) is 0 Å². The maximum atomic E-state index is 18.1. The lowest BCUT2D eigenvalue weighted by molar-refractivity contribution is -0.237. The first-order valence-electron chi connectivity index (χ1n) is 13.8. The summed E-state index contributed by atoms with van der Waals surface area (Å²) in [5.74, 6) is -6.14. The van der Waals surface area contributed by atoms with Crippen LogP contribution in [0, 0.1) is 28.6 Å². The van der Waals surface area contributed by atoms with Crippen LogP contribution in [0.4, 0.5) is 13.2 Å². The summed E-state index contributed by atoms with van der Waals surface area (Å²) < 4.78 is 59.1. The zero-order valence-electron chi connectivity index (χ0n) is 23.4. The Hall–Kier alpha value is -2.63. The number of hydrogen-bond donors (Lipinski definition) is 1. The fourth-order valence-electron chi connectivity index (χ4n) is 8.14. The molecule has 41 heavy (non-hydrogen) atoms. The Bertz CT molecular complexity index is 1220. The predicted molar refractivity (Wildman–Crippen MR) is 142 cm³/mol. The minimum absolute atomic E-state index is 0.0854. The molecule has 0 radical (unpaired) electrons. The van der Waals surface area contributed by atoms with Gasteiger partial charge in [0.2, 0.25) is 5.12 Å². The van der Waals surface area contributed by atoms with E-state index in [1.165, 1.54) is 19.9 Å². The van der Waals surface area contributed by atoms with E-state index >= 15 is 8.78 Å². The molecule has 4 aliphatic rings. The van der Waals surface area contributed by atoms with Crippen LogP contribution < -0.4 is 0 Å². The number of esters is 2. The maximum Gasteiger partial charge on any atom is 0.306 e. The quantitative estimate of drug-likeness (QED) is 0.390. The number of rotatable bonds is 8. The molecule has 0 aromatic heterocycles. The smallest absolute Gasteiger partial charge is 0.306 e. The van der Waals surface area contributed by atoms with Gasteiger partial charge >= 0.3 is 17.9 Å². The fraction of sp³-hybridized carbons (Fsp3) is 0.690. The molecule has 0 aliphatic heterocycles. The summed E-state index contributed by atoms with van der Waals surface area (Å²) in [5, 5.41) is 8.29. The second-order valence-electron chi connectivity index (χ2n) is 12.0. The first kappa shape index (κ1) is 31.3. The van der Waals surface area contributed by atoms with Crippen molar-refractivity contribution in [3.8, 4) is 0 Å². The minimum atomic E-state index is -2.47. The van der Waals surface area contributed by atoms with E-state index in [0.29, 0.717) is 11.8 Å². The van der Waals surface area contributed by atoms with Gasteiger partial charge in [-0.15, -0.1) is 0 Å². The van der Waals surface area contributed by atoms with E-state index < -0.39 is 106 Å². The molecule has 0 bridgehead atoms. The lowest BCUT2D eigenvalue weighted by atomic mass is 9.44. The van der Waals surface area contributed by atoms with Crippen LogP contribution in [0.3, 0.4) is 0 Å². The normalized spacial score (nSPS) is 41.0. The third kappa shape index (κ3) is 4.55. The maximum absolute atomic E-state index is 18.1. The van der Waals surface area contributed by atoms with Crippen LogP contribution in [0.5, 0.6) is 0 Å². The van der Waals surface area contributed by atoms with Crippen molar-refractivity contribution < 1.29 is 51.7 Å². The second kappa shape index (κ2) is 10.9. The number of carbonyl (C=O) groups excluding carboxylic acids is 4. The number of aliphatic carboxylic acids is 1. The van der Waals surface area contributed by atoms with Gasteiger partial charge < -0.3 is 14.6 Å². The van der Waals surface area contributed by atoms with E-state index in [9.17, 15) is 28.4 Å². The van der Waals surface area contributed by atoms with Crippen LogP contribution in [0.25, 0.3) is 0 Å². The van der Waals surface area contributed by atoms with E-state index in [0.717, 1.165) is 12.2 Å². The molecular formula is C29H35F3O8S. The number of carboxylic acid groups (broad SMARTS) is 1. The van der Waals surface area contributed by atoms with E-state index in [-0.39, 0.29) is 24.8 Å². The zero-order chi connectivity index (χ0) is 30.5. The van der Waals surface area contributed by atoms with Crippen molar-refractivity contribution in [3.05, 3.63) is 23.8 Å². The predicted octanol–water partition coefficient (Wildman–Crippen LogP) is 4.85. The summed E-state index contributed by atoms with van der Waals surface area (Å²) in [6.45, 7) is 6.23. The molecule has 3 saturated carbocycles. The molecule has 0 unspecified atom stereocenters. The molecule has 0 spiro atoms. The SMILES string of the molecule is CCC(=O)O[C@]1(C(=O)SCF)[C@H](C)C[C@H]2[C@@H]3C[C@H](F)C4=CC(=O)C=C[C@]4(C)[C@@]3(F)[C@@H](OC(=O)CCC(=O)O)C[C@@]21C. The van der Waals surface area contributed by atoms with Crippen LogP contribution in [0.2, 0.25) is 0 Å². The van der Waals surface area contributed by atoms with E-state index in [1.54, 1.807) is 13.8 Å². The summed E-state index contributed by atoms with van der Waals surface area (Å²) in [6, 6.07) is -1.10. The zero-order valence-corrected chi connectivity index (χ0v) is 24.2. The summed E-state index contributed by atoms with van der Waals surface area (Å²) in [5.41, 5.74) is -7.59. The van der Waals surface area contributed by atoms with Crippen LogP contribution in [-0.4, -0.2) is 63.5 Å². The van der Waals surface area contributed by atoms with Gasteiger partial charge in [0.25, 0.3) is 0 Å². The average Bonchev–Trinajstić information content (AvgIpc) is 3.12. The number of halogens is 3. The van der Waals surface area contributed by atoms with Crippen molar-refractivity contribution in [1.29, 1.82) is 0 Å². The van der Waals surface area contributed by atoms with Gasteiger partial charge in [-0.3, -0.25) is 24.0 Å². The molecule has 0 aromatic carbocycles. The Morgan fingerprint density at radius 3 is 2.41 bits per heavy atom. The second-order valence-corrected chi connectivity index (χ2v) is 12.8. The number of carbonyl (C=O) groups is 5. The number of allylic oxidation sites excluding steroid dienone is 4. The number of hydrogen-bond acceptors (Lipinski definition) is 8. The Morgan fingerprint density at radius 2 is 1.80 bits per heavy atom. The number of fused-ring (bicyclic) bond motifs is 5. The van der Waals surface area contributed by atoms with Crippen molar-refractivity contribution in [2.45, 2.75) is 89.8 Å². The largest absolute Gasteiger partial charge is 0.481 e. The highest BCUT2D eigenvalue weighted by Gasteiger charge is 2.79. The van der Waals surface area contributed by atoms with Crippen molar-refractivity contribution >= 4 is 40.6 Å². The number of ketones is 1. The van der Waals surface area contributed by atoms with Gasteiger partial charge in [0, 0.05) is 29.1 Å². The number of thioether (sulfide) groups is 1. The van der Waals surface area contributed by atoms with Gasteiger partial charge in [0.05, 0.1) is 12.8 Å². The Labute approximate surface area is 240 Å². The highest BCUT2D eigenvalue weighted by Crippen LogP contribution is 2.72. The monoisotopic (exact) mass is 600 g/mol. The Kier molecular flexibility index (Phi) is 8.32. The van der Waals surface area contributed by atoms with Gasteiger partial charge in [-0.25, -0.2) is 13.2 Å². The molecule has 3 fully saturated rings. The lowest BCUT2D eigenvalue weighted by Crippen LogP contribution is -2.71. The Balaban J connectivity index is 1.91. The number of carboxylic acids is 1. The van der Waals surface area contributed by atoms with Crippen molar-refractivity contribution in [1.82, 2.24) is 0 Å². The number of ether oxygens (including phenoxy) is 2. The van der Waals surface area contributed by atoms with Gasteiger partial charge in [-0.1, -0.05) is 26.8 Å². The first-order valence-corrected chi connectivity index (χ1v) is 14.7. The highest BCUT2D eigenvalue weighted by atomic mass is 32.2. The van der Waals surface area contributed by atoms with Crippen LogP contribution in [0.1, 0.15) is 66.2 Å². The molecule has 0 aromatic rings. The average molecular weight is 601 g/mol. The van der Waals surface area contributed by atoms with Gasteiger partial charge in [0.15, 0.2) is 17.1 Å². The van der Waals surface area contributed by atoms with Crippen LogP contribution in [0.15, 0.2) is 23.8 Å². The molecule has 1 N–H and O–H groups in total. The molecule has 0 heterocycles. The minimum Gasteiger partial charge on any atom is -0.481 e. The van der Waals surface area contributed by atoms with Crippen molar-refractivity contribution in [3.63, 3.8) is 0 Å². The standard InChI is InChI=1S/C29H35F3O8S/c1-5-23(36)40-29(25(38)41-14-30)15(2)10-17-18-12-20(31)19-11-16(33)8-9-26(19,3)28(18,32)21(13-27(17,29)4)39-24(37)7-6-22(34)35/h8-9,11,15,17-18,20-21H,5-7,10,12-14H2,1-4H3,(H,34,35)/t15-,17+,18+,20+,21+,26+,27+,28+,29+/m1/s1. The number of alkyl halides is 3. The molecule has 4 rings (SSSR count). The molecule has 4 aliphatic carbocycles. The molecule has 0 saturated heterocycles. The molecule has 12 heteroatoms. The van der Waals surface area contributed by atoms with Gasteiger partial charge in [-0.05, 0) is 61.6 Å². The molecule has 0 amide bonds. The topological polar surface area (TPSA) is 124 Å². The third-order valence-electron chi connectivity index (χ3n) is 10.0. The van der Waals surface area contributed by atoms with E-state index in [2.05, 4.69) is 0 Å². The van der Waals surface area contributed by atoms with E-state index in [4.69, 9.17) is 14.6 Å². The molecule has 8 nitrogen and oxygen atoms in total. The van der Waals surface area contributed by atoms with Crippen LogP contribution >= 0.6 is 11.8 Å². The molecular weight excluding hydrogens is 565 g/mol. The van der Waals surface area contributed by atoms with Gasteiger partial charge in [0.1, 0.15) is 18.3 Å². The van der Waals surface area contributed by atoms with E-state index in [1.807, 2.05) is 0 Å². The highest BCUT2D eigenvalue weighted by molar-refractivity contribution is 8.13. The lowest BCUT2D eigenvalue weighted by Gasteiger charge is -2.63. The third-order valence-corrected chi connectivity index (χ3v) is 10.7. The first-order chi connectivity index (χ1) is 19.1. The summed E-state index contributed by atoms with van der Waals surface area (Å²) in [7, 11) is 0. The molecule has 9 atom stereocenters. The summed E-state index contributed by atoms with van der Waals surface area (Å²) >= 11 is 0.330. The molecule has 226 valence electrons. The van der Waals surface area contributed by atoms with Crippen molar-refractivity contribution in [2.75, 3.05) is 6.01 Å². The van der Waals surface area contributed by atoms with Crippen LogP contribution in [-0.2, 0) is 33.4 Å². The fourth-order valence-corrected chi connectivity index (χ4v) is 8.93. The van der Waals surface area contributed by atoms with Crippen molar-refractivity contribution in [2.24, 2.45) is 28.6 Å². The summed E-state index contributed by atoms with van der Waals surface area (Å²) in [6.07, 6.45) is -1.69.